The third-order valence-electron chi connectivity index (χ3n) is 4.96. The molecule has 2 atom stereocenters. The van der Waals surface area contributed by atoms with Gasteiger partial charge in [-0.3, -0.25) is 4.79 Å². The van der Waals surface area contributed by atoms with Crippen LogP contribution in [0.25, 0.3) is 0 Å². The van der Waals surface area contributed by atoms with E-state index in [4.69, 9.17) is 4.74 Å². The fourth-order valence-electron chi connectivity index (χ4n) is 3.13. The van der Waals surface area contributed by atoms with E-state index >= 15 is 0 Å². The Morgan fingerprint density at radius 1 is 0.947 bits per heavy atom. The van der Waals surface area contributed by atoms with Crippen molar-refractivity contribution in [3.63, 3.8) is 0 Å². The number of Topliss-reactive ketones (excluding diaryl/α,β-unsaturated/α-hetero) is 1. The molecule has 1 aliphatic heterocycles. The Kier molecular flexibility index (Phi) is 3.82. The third-order valence-corrected chi connectivity index (χ3v) is 4.96. The molecule has 0 radical (unpaired) electrons. The predicted molar refractivity (Wildman–Crippen MR) is 78.0 cm³/mol. The Morgan fingerprint density at radius 3 is 1.84 bits per heavy atom. The molecular formula is C17H24O2. The van der Waals surface area contributed by atoms with Crippen molar-refractivity contribution in [1.82, 2.24) is 0 Å². The fraction of sp³-hybridized carbons (Fsp3) is 0.588. The monoisotopic (exact) mass is 260 g/mol. The fourth-order valence-corrected chi connectivity index (χ4v) is 3.13. The van der Waals surface area contributed by atoms with E-state index in [1.165, 1.54) is 16.7 Å². The van der Waals surface area contributed by atoms with Crippen molar-refractivity contribution in [2.24, 2.45) is 5.92 Å². The van der Waals surface area contributed by atoms with Crippen LogP contribution in [0, 0.1) is 40.5 Å². The van der Waals surface area contributed by atoms with Crippen LogP contribution in [0.4, 0.5) is 0 Å². The molecule has 0 bridgehead atoms. The van der Waals surface area contributed by atoms with E-state index in [1.807, 2.05) is 6.92 Å². The Labute approximate surface area is 116 Å². The molecule has 1 aliphatic rings. The number of carbonyl (C=O) groups excluding carboxylic acids is 1. The Morgan fingerprint density at radius 2 is 1.42 bits per heavy atom. The van der Waals surface area contributed by atoms with Crippen molar-refractivity contribution < 1.29 is 9.53 Å². The zero-order chi connectivity index (χ0) is 14.3. The molecule has 2 nitrogen and oxygen atoms in total. The van der Waals surface area contributed by atoms with Crippen molar-refractivity contribution in [2.45, 2.75) is 54.1 Å². The van der Waals surface area contributed by atoms with Crippen molar-refractivity contribution >= 4 is 5.78 Å². The maximum Gasteiger partial charge on any atom is 0.169 e. The van der Waals surface area contributed by atoms with Crippen LogP contribution in [-0.4, -0.2) is 18.5 Å². The van der Waals surface area contributed by atoms with Crippen molar-refractivity contribution in [3.05, 3.63) is 33.4 Å². The molecule has 0 aliphatic carbocycles. The summed E-state index contributed by atoms with van der Waals surface area (Å²) in [5, 5.41) is 0. The highest BCUT2D eigenvalue weighted by Gasteiger charge is 2.33. The summed E-state index contributed by atoms with van der Waals surface area (Å²) in [6.45, 7) is 13.2. The van der Waals surface area contributed by atoms with E-state index in [-0.39, 0.29) is 17.8 Å². The number of hydrogen-bond acceptors (Lipinski definition) is 2. The third kappa shape index (κ3) is 2.23. The van der Waals surface area contributed by atoms with Crippen LogP contribution < -0.4 is 0 Å². The maximum absolute atomic E-state index is 12.8. The van der Waals surface area contributed by atoms with Crippen LogP contribution in [0.2, 0.25) is 0 Å². The first-order valence-electron chi connectivity index (χ1n) is 7.09. The summed E-state index contributed by atoms with van der Waals surface area (Å²) >= 11 is 0. The average molecular weight is 260 g/mol. The summed E-state index contributed by atoms with van der Waals surface area (Å²) in [5.41, 5.74) is 7.02. The molecule has 1 aromatic rings. The van der Waals surface area contributed by atoms with Gasteiger partial charge in [-0.1, -0.05) is 0 Å². The van der Waals surface area contributed by atoms with Gasteiger partial charge in [0.15, 0.2) is 5.78 Å². The number of ether oxygens (including phenoxy) is 1. The van der Waals surface area contributed by atoms with Gasteiger partial charge < -0.3 is 4.74 Å². The lowest BCUT2D eigenvalue weighted by Crippen LogP contribution is -2.24. The summed E-state index contributed by atoms with van der Waals surface area (Å²) in [6.07, 6.45) is 0.901. The molecule has 0 amide bonds. The van der Waals surface area contributed by atoms with Crippen molar-refractivity contribution in [1.29, 1.82) is 0 Å². The number of rotatable bonds is 2. The quantitative estimate of drug-likeness (QED) is 0.755. The highest BCUT2D eigenvalue weighted by atomic mass is 16.5. The molecule has 1 heterocycles. The second kappa shape index (κ2) is 5.09. The highest BCUT2D eigenvalue weighted by molar-refractivity contribution is 6.01. The molecule has 2 unspecified atom stereocenters. The van der Waals surface area contributed by atoms with Gasteiger partial charge in [0.05, 0.1) is 12.0 Å². The van der Waals surface area contributed by atoms with Gasteiger partial charge in [-0.25, -0.2) is 0 Å². The van der Waals surface area contributed by atoms with Crippen LogP contribution in [0.5, 0.6) is 0 Å². The van der Waals surface area contributed by atoms with Crippen LogP contribution in [0.15, 0.2) is 0 Å². The minimum absolute atomic E-state index is 0.0268. The normalized spacial score (nSPS) is 22.8. The highest BCUT2D eigenvalue weighted by Crippen LogP contribution is 2.31. The van der Waals surface area contributed by atoms with Crippen LogP contribution in [-0.2, 0) is 4.74 Å². The number of carbonyl (C=O) groups is 1. The molecule has 0 saturated carbocycles. The molecule has 1 fully saturated rings. The largest absolute Gasteiger partial charge is 0.378 e. The van der Waals surface area contributed by atoms with E-state index in [1.54, 1.807) is 0 Å². The van der Waals surface area contributed by atoms with E-state index in [0.717, 1.165) is 23.1 Å². The lowest BCUT2D eigenvalue weighted by Gasteiger charge is -2.21. The van der Waals surface area contributed by atoms with Gasteiger partial charge in [0.2, 0.25) is 0 Å². The molecule has 0 aromatic heterocycles. The lowest BCUT2D eigenvalue weighted by molar-refractivity contribution is 0.0763. The van der Waals surface area contributed by atoms with Gasteiger partial charge >= 0.3 is 0 Å². The van der Waals surface area contributed by atoms with E-state index in [0.29, 0.717) is 6.61 Å². The van der Waals surface area contributed by atoms with E-state index in [9.17, 15) is 4.79 Å². The van der Waals surface area contributed by atoms with Crippen molar-refractivity contribution in [3.8, 4) is 0 Å². The SMILES string of the molecule is Cc1c(C)c(C)c(C(=O)C2CCOC2C)c(C)c1C. The minimum Gasteiger partial charge on any atom is -0.378 e. The molecule has 1 saturated heterocycles. The summed E-state index contributed by atoms with van der Waals surface area (Å²) in [6, 6.07) is 0. The van der Waals surface area contributed by atoms with Gasteiger partial charge in [-0.2, -0.15) is 0 Å². The molecular weight excluding hydrogens is 236 g/mol. The van der Waals surface area contributed by atoms with E-state index in [2.05, 4.69) is 34.6 Å². The first-order chi connectivity index (χ1) is 8.86. The molecule has 2 rings (SSSR count). The first-order valence-corrected chi connectivity index (χ1v) is 7.09. The predicted octanol–water partition coefficient (Wildman–Crippen LogP) is 3.84. The van der Waals surface area contributed by atoms with Gasteiger partial charge in [-0.05, 0) is 75.8 Å². The standard InChI is InChI=1S/C17H24O2/c1-9-10(2)12(4)16(13(5)11(9)3)17(18)15-7-8-19-14(15)6/h14-15H,7-8H2,1-6H3. The smallest absolute Gasteiger partial charge is 0.169 e. The van der Waals surface area contributed by atoms with Crippen LogP contribution in [0.3, 0.4) is 0 Å². The minimum atomic E-state index is 0.0268. The number of benzene rings is 1. The zero-order valence-electron chi connectivity index (χ0n) is 12.9. The number of ketones is 1. The first kappa shape index (κ1) is 14.3. The Hall–Kier alpha value is -1.15. The molecule has 0 N–H and O–H groups in total. The number of hydrogen-bond donors (Lipinski definition) is 0. The van der Waals surface area contributed by atoms with Crippen molar-refractivity contribution in [2.75, 3.05) is 6.61 Å². The zero-order valence-corrected chi connectivity index (χ0v) is 12.9. The van der Waals surface area contributed by atoms with Gasteiger partial charge in [0.1, 0.15) is 0 Å². The average Bonchev–Trinajstić information content (AvgIpc) is 2.80. The van der Waals surface area contributed by atoms with E-state index < -0.39 is 0 Å². The topological polar surface area (TPSA) is 26.3 Å². The van der Waals surface area contributed by atoms with Gasteiger partial charge in [0.25, 0.3) is 0 Å². The molecule has 104 valence electrons. The molecule has 19 heavy (non-hydrogen) atoms. The second-order valence-corrected chi connectivity index (χ2v) is 5.84. The summed E-state index contributed by atoms with van der Waals surface area (Å²) in [5.74, 6) is 0.296. The van der Waals surface area contributed by atoms with Crippen LogP contribution >= 0.6 is 0 Å². The summed E-state index contributed by atoms with van der Waals surface area (Å²) in [4.78, 5) is 12.8. The summed E-state index contributed by atoms with van der Waals surface area (Å²) in [7, 11) is 0. The van der Waals surface area contributed by atoms with Crippen LogP contribution in [0.1, 0.15) is 51.5 Å². The Bertz CT molecular complexity index is 500. The molecule has 2 heteroatoms. The summed E-state index contributed by atoms with van der Waals surface area (Å²) < 4.78 is 5.55. The molecule has 0 spiro atoms. The second-order valence-electron chi connectivity index (χ2n) is 5.84. The lowest BCUT2D eigenvalue weighted by atomic mass is 9.83. The van der Waals surface area contributed by atoms with Gasteiger partial charge in [0, 0.05) is 12.2 Å². The maximum atomic E-state index is 12.8. The van der Waals surface area contributed by atoms with Gasteiger partial charge in [-0.15, -0.1) is 0 Å². The molecule has 1 aromatic carbocycles. The Balaban J connectivity index is 2.54.